The minimum Gasteiger partial charge on any atom is -0.445 e. The van der Waals surface area contributed by atoms with Gasteiger partial charge in [0.1, 0.15) is 12.2 Å². The molecule has 3 amide bonds. The monoisotopic (exact) mass is 495 g/mol. The number of rotatable bonds is 7. The van der Waals surface area contributed by atoms with Gasteiger partial charge in [-0.15, -0.1) is 0 Å². The number of carbonyl (C=O) groups is 3. The highest BCUT2D eigenvalue weighted by Crippen LogP contribution is 2.18. The van der Waals surface area contributed by atoms with Gasteiger partial charge in [-0.3, -0.25) is 4.79 Å². The number of benzene rings is 2. The van der Waals surface area contributed by atoms with E-state index in [1.165, 1.54) is 5.56 Å². The van der Waals surface area contributed by atoms with Gasteiger partial charge < -0.3 is 25.0 Å². The van der Waals surface area contributed by atoms with Crippen molar-refractivity contribution in [1.29, 1.82) is 0 Å². The normalized spacial score (nSPS) is 14.2. The van der Waals surface area contributed by atoms with E-state index in [4.69, 9.17) is 9.47 Å². The van der Waals surface area contributed by atoms with Gasteiger partial charge >= 0.3 is 12.2 Å². The highest BCUT2D eigenvalue weighted by molar-refractivity contribution is 5.94. The van der Waals surface area contributed by atoms with E-state index in [-0.39, 0.29) is 18.6 Å². The van der Waals surface area contributed by atoms with Crippen molar-refractivity contribution in [3.8, 4) is 0 Å². The fourth-order valence-electron chi connectivity index (χ4n) is 3.84. The number of hydrogen-bond donors (Lipinski definition) is 2. The molecule has 1 saturated heterocycles. The van der Waals surface area contributed by atoms with E-state index in [9.17, 15) is 14.4 Å². The standard InChI is InChI=1S/C28H37N3O5/c1-20-5-7-23(8-6-20)19-35-27(34)31-15-13-22(14-16-31)17-29-25(32)24-11-9-21(10-12-24)18-30-26(33)36-28(2,3)4/h5-12,22H,13-19H2,1-4H3,(H,29,32)(H,30,33). The third-order valence-electron chi connectivity index (χ3n) is 5.96. The van der Waals surface area contributed by atoms with E-state index < -0.39 is 11.7 Å². The number of nitrogens with zero attached hydrogens (tertiary/aromatic N) is 1. The van der Waals surface area contributed by atoms with Gasteiger partial charge in [0.05, 0.1) is 0 Å². The lowest BCUT2D eigenvalue weighted by Crippen LogP contribution is -2.41. The van der Waals surface area contributed by atoms with Gasteiger partial charge in [-0.25, -0.2) is 9.59 Å². The molecule has 2 N–H and O–H groups in total. The average molecular weight is 496 g/mol. The molecule has 0 aliphatic carbocycles. The zero-order valence-corrected chi connectivity index (χ0v) is 21.6. The first kappa shape index (κ1) is 27.0. The summed E-state index contributed by atoms with van der Waals surface area (Å²) in [6.07, 6.45) is 0.860. The van der Waals surface area contributed by atoms with Gasteiger partial charge in [-0.05, 0) is 69.7 Å². The maximum atomic E-state index is 12.5. The molecule has 0 bridgehead atoms. The Morgan fingerprint density at radius 3 is 2.14 bits per heavy atom. The van der Waals surface area contributed by atoms with Gasteiger partial charge in [-0.2, -0.15) is 0 Å². The number of aryl methyl sites for hydroxylation is 1. The second kappa shape index (κ2) is 12.4. The Bertz CT molecular complexity index is 1020. The Balaban J connectivity index is 1.34. The maximum absolute atomic E-state index is 12.5. The zero-order chi connectivity index (χ0) is 26.1. The van der Waals surface area contributed by atoms with Crippen LogP contribution in [-0.2, 0) is 22.6 Å². The molecule has 2 aromatic carbocycles. The van der Waals surface area contributed by atoms with Crippen molar-refractivity contribution < 1.29 is 23.9 Å². The van der Waals surface area contributed by atoms with Crippen molar-refractivity contribution in [3.63, 3.8) is 0 Å². The number of carbonyl (C=O) groups excluding carboxylic acids is 3. The summed E-state index contributed by atoms with van der Waals surface area (Å²) in [5, 5.41) is 5.70. The van der Waals surface area contributed by atoms with Crippen LogP contribution >= 0.6 is 0 Å². The smallest absolute Gasteiger partial charge is 0.410 e. The second-order valence-electron chi connectivity index (χ2n) is 10.2. The van der Waals surface area contributed by atoms with E-state index in [0.29, 0.717) is 37.7 Å². The predicted octanol–water partition coefficient (Wildman–Crippen LogP) is 4.80. The Kier molecular flexibility index (Phi) is 9.33. The molecule has 1 aliphatic rings. The van der Waals surface area contributed by atoms with E-state index in [1.54, 1.807) is 17.0 Å². The van der Waals surface area contributed by atoms with Gasteiger partial charge in [-0.1, -0.05) is 42.0 Å². The number of alkyl carbamates (subject to hydrolysis) is 1. The number of ether oxygens (including phenoxy) is 2. The molecule has 0 aromatic heterocycles. The summed E-state index contributed by atoms with van der Waals surface area (Å²) in [5.74, 6) is 0.175. The van der Waals surface area contributed by atoms with Crippen LogP contribution in [0.3, 0.4) is 0 Å². The molecule has 2 aromatic rings. The topological polar surface area (TPSA) is 97.0 Å². The molecular formula is C28H37N3O5. The first-order valence-electron chi connectivity index (χ1n) is 12.4. The minimum absolute atomic E-state index is 0.137. The molecule has 1 fully saturated rings. The van der Waals surface area contributed by atoms with Gasteiger partial charge in [0.15, 0.2) is 0 Å². The first-order chi connectivity index (χ1) is 17.1. The van der Waals surface area contributed by atoms with Crippen LogP contribution in [0.25, 0.3) is 0 Å². The zero-order valence-electron chi connectivity index (χ0n) is 21.6. The molecule has 0 radical (unpaired) electrons. The summed E-state index contributed by atoms with van der Waals surface area (Å²) in [6, 6.07) is 15.0. The van der Waals surface area contributed by atoms with Gasteiger partial charge in [0.2, 0.25) is 0 Å². The predicted molar refractivity (Wildman–Crippen MR) is 138 cm³/mol. The molecule has 8 nitrogen and oxygen atoms in total. The molecule has 0 saturated carbocycles. The maximum Gasteiger partial charge on any atom is 0.410 e. The van der Waals surface area contributed by atoms with Crippen LogP contribution in [0.4, 0.5) is 9.59 Å². The second-order valence-corrected chi connectivity index (χ2v) is 10.2. The van der Waals surface area contributed by atoms with Gasteiger partial charge in [0, 0.05) is 31.7 Å². The lowest BCUT2D eigenvalue weighted by atomic mass is 9.97. The minimum atomic E-state index is -0.548. The van der Waals surface area contributed by atoms with Crippen LogP contribution in [-0.4, -0.2) is 48.2 Å². The number of nitrogens with one attached hydrogen (secondary N) is 2. The molecular weight excluding hydrogens is 458 g/mol. The summed E-state index contributed by atoms with van der Waals surface area (Å²) >= 11 is 0. The molecule has 36 heavy (non-hydrogen) atoms. The van der Waals surface area contributed by atoms with Crippen molar-refractivity contribution in [2.24, 2.45) is 5.92 Å². The molecule has 0 atom stereocenters. The number of amides is 3. The van der Waals surface area contributed by atoms with E-state index in [1.807, 2.05) is 64.1 Å². The van der Waals surface area contributed by atoms with Crippen molar-refractivity contribution >= 4 is 18.1 Å². The first-order valence-corrected chi connectivity index (χ1v) is 12.4. The van der Waals surface area contributed by atoms with E-state index >= 15 is 0 Å². The highest BCUT2D eigenvalue weighted by Gasteiger charge is 2.24. The van der Waals surface area contributed by atoms with Crippen molar-refractivity contribution in [2.75, 3.05) is 19.6 Å². The molecule has 8 heteroatoms. The van der Waals surface area contributed by atoms with Crippen molar-refractivity contribution in [1.82, 2.24) is 15.5 Å². The molecule has 194 valence electrons. The summed E-state index contributed by atoms with van der Waals surface area (Å²) in [7, 11) is 0. The van der Waals surface area contributed by atoms with Crippen LogP contribution in [0.2, 0.25) is 0 Å². The SMILES string of the molecule is Cc1ccc(COC(=O)N2CCC(CNC(=O)c3ccc(CNC(=O)OC(C)(C)C)cc3)CC2)cc1. The summed E-state index contributed by atoms with van der Waals surface area (Å²) in [5.41, 5.74) is 3.03. The number of piperidine rings is 1. The van der Waals surface area contributed by atoms with Crippen LogP contribution in [0.15, 0.2) is 48.5 Å². The quantitative estimate of drug-likeness (QED) is 0.575. The van der Waals surface area contributed by atoms with E-state index in [2.05, 4.69) is 10.6 Å². The van der Waals surface area contributed by atoms with Crippen molar-refractivity contribution in [2.45, 2.75) is 59.3 Å². The number of hydrogen-bond acceptors (Lipinski definition) is 5. The van der Waals surface area contributed by atoms with E-state index in [0.717, 1.165) is 24.0 Å². The Hall–Kier alpha value is -3.55. The largest absolute Gasteiger partial charge is 0.445 e. The van der Waals surface area contributed by atoms with Crippen LogP contribution in [0.5, 0.6) is 0 Å². The Morgan fingerprint density at radius 2 is 1.53 bits per heavy atom. The lowest BCUT2D eigenvalue weighted by molar-refractivity contribution is 0.0523. The van der Waals surface area contributed by atoms with Crippen LogP contribution in [0.1, 0.15) is 60.7 Å². The lowest BCUT2D eigenvalue weighted by Gasteiger charge is -2.31. The molecule has 1 aliphatic heterocycles. The fourth-order valence-corrected chi connectivity index (χ4v) is 3.84. The third kappa shape index (κ3) is 8.91. The summed E-state index contributed by atoms with van der Waals surface area (Å²) < 4.78 is 10.7. The summed E-state index contributed by atoms with van der Waals surface area (Å²) in [4.78, 5) is 38.4. The van der Waals surface area contributed by atoms with Crippen molar-refractivity contribution in [3.05, 3.63) is 70.8 Å². The fraction of sp³-hybridized carbons (Fsp3) is 0.464. The number of likely N-dealkylation sites (tertiary alicyclic amines) is 1. The van der Waals surface area contributed by atoms with Gasteiger partial charge in [0.25, 0.3) is 5.91 Å². The molecule has 0 unspecified atom stereocenters. The summed E-state index contributed by atoms with van der Waals surface area (Å²) in [6.45, 7) is 9.84. The highest BCUT2D eigenvalue weighted by atomic mass is 16.6. The van der Waals surface area contributed by atoms with Crippen LogP contribution in [0, 0.1) is 12.8 Å². The average Bonchev–Trinajstić information content (AvgIpc) is 2.85. The molecule has 0 spiro atoms. The molecule has 3 rings (SSSR count). The molecule has 1 heterocycles. The van der Waals surface area contributed by atoms with Crippen LogP contribution < -0.4 is 10.6 Å². The third-order valence-corrected chi connectivity index (χ3v) is 5.96. The Labute approximate surface area is 213 Å². The Morgan fingerprint density at radius 1 is 0.917 bits per heavy atom.